The number of benzene rings is 3. The highest BCUT2D eigenvalue weighted by atomic mass is 19.1. The molecule has 0 fully saturated rings. The van der Waals surface area contributed by atoms with Crippen molar-refractivity contribution in [3.05, 3.63) is 107 Å². The van der Waals surface area contributed by atoms with Gasteiger partial charge in [-0.15, -0.1) is 0 Å². The van der Waals surface area contributed by atoms with Crippen LogP contribution in [0.15, 0.2) is 89.7 Å². The molecule has 0 saturated heterocycles. The molecule has 3 aromatic carbocycles. The molecule has 2 amide bonds. The monoisotopic (exact) mass is 430 g/mol. The van der Waals surface area contributed by atoms with Crippen LogP contribution in [0.2, 0.25) is 0 Å². The zero-order valence-corrected chi connectivity index (χ0v) is 17.7. The van der Waals surface area contributed by atoms with Crippen LogP contribution in [-0.2, 0) is 4.79 Å². The van der Waals surface area contributed by atoms with Gasteiger partial charge in [0, 0.05) is 30.9 Å². The normalized spacial score (nSPS) is 11.3. The lowest BCUT2D eigenvalue weighted by molar-refractivity contribution is -0.117. The Kier molecular flexibility index (Phi) is 7.48. The Bertz CT molecular complexity index is 1140. The maximum atomic E-state index is 13.7. The lowest BCUT2D eigenvalue weighted by Crippen LogP contribution is -2.32. The standard InChI is InChI=1S/C25H23FN4O2/c1-30(2)21-14-12-18(13-15-21)16-23(28-24(31)19-8-4-3-5-9-19)25(32)29-27-17-20-10-6-7-11-22(20)26/h3-17H,1-2H3,(H,28,31)(H,29,32)/b23-16-,27-17?. The van der Waals surface area contributed by atoms with Crippen molar-refractivity contribution in [3.63, 3.8) is 0 Å². The highest BCUT2D eigenvalue weighted by Crippen LogP contribution is 2.14. The molecular weight excluding hydrogens is 407 g/mol. The molecule has 0 unspecified atom stereocenters. The molecule has 0 aliphatic rings. The summed E-state index contributed by atoms with van der Waals surface area (Å²) in [5.74, 6) is -1.53. The SMILES string of the molecule is CN(C)c1ccc(/C=C(\NC(=O)c2ccccc2)C(=O)NN=Cc2ccccc2F)cc1. The van der Waals surface area contributed by atoms with Crippen molar-refractivity contribution >= 4 is 29.8 Å². The Morgan fingerprint density at radius 2 is 1.56 bits per heavy atom. The predicted octanol–water partition coefficient (Wildman–Crippen LogP) is 3.81. The summed E-state index contributed by atoms with van der Waals surface area (Å²) in [6.45, 7) is 0. The van der Waals surface area contributed by atoms with Crippen LogP contribution in [0, 0.1) is 5.82 Å². The third-order valence-electron chi connectivity index (χ3n) is 4.52. The topological polar surface area (TPSA) is 73.8 Å². The van der Waals surface area contributed by atoms with Gasteiger partial charge in [0.25, 0.3) is 11.8 Å². The van der Waals surface area contributed by atoms with Crippen LogP contribution in [0.25, 0.3) is 6.08 Å². The number of amides is 2. The zero-order chi connectivity index (χ0) is 22.9. The van der Waals surface area contributed by atoms with Crippen LogP contribution < -0.4 is 15.6 Å². The third kappa shape index (κ3) is 6.12. The molecule has 162 valence electrons. The Balaban J connectivity index is 1.82. The molecule has 6 nitrogen and oxygen atoms in total. The van der Waals surface area contributed by atoms with E-state index in [1.165, 1.54) is 18.3 Å². The minimum absolute atomic E-state index is 0.00198. The lowest BCUT2D eigenvalue weighted by atomic mass is 10.1. The Hall–Kier alpha value is -4.26. The Labute approximate surface area is 186 Å². The van der Waals surface area contributed by atoms with Crippen LogP contribution in [0.3, 0.4) is 0 Å². The van der Waals surface area contributed by atoms with E-state index in [4.69, 9.17) is 0 Å². The van der Waals surface area contributed by atoms with Gasteiger partial charge in [0.15, 0.2) is 0 Å². The van der Waals surface area contributed by atoms with E-state index in [9.17, 15) is 14.0 Å². The van der Waals surface area contributed by atoms with Crippen LogP contribution in [0.5, 0.6) is 0 Å². The first-order valence-electron chi connectivity index (χ1n) is 9.87. The summed E-state index contributed by atoms with van der Waals surface area (Å²) in [5, 5.41) is 6.45. The van der Waals surface area contributed by atoms with Gasteiger partial charge in [-0.1, -0.05) is 48.5 Å². The van der Waals surface area contributed by atoms with Crippen LogP contribution in [0.4, 0.5) is 10.1 Å². The number of rotatable bonds is 7. The van der Waals surface area contributed by atoms with E-state index >= 15 is 0 Å². The number of hydrazone groups is 1. The second-order valence-corrected chi connectivity index (χ2v) is 7.08. The summed E-state index contributed by atoms with van der Waals surface area (Å²) < 4.78 is 13.7. The van der Waals surface area contributed by atoms with E-state index in [1.807, 2.05) is 43.3 Å². The molecular formula is C25H23FN4O2. The molecule has 0 atom stereocenters. The fraction of sp³-hybridized carbons (Fsp3) is 0.0800. The number of nitrogens with zero attached hydrogens (tertiary/aromatic N) is 2. The summed E-state index contributed by atoms with van der Waals surface area (Å²) >= 11 is 0. The van der Waals surface area contributed by atoms with Gasteiger partial charge in [-0.25, -0.2) is 9.82 Å². The number of carbonyl (C=O) groups excluding carboxylic acids is 2. The second kappa shape index (κ2) is 10.7. The molecule has 0 radical (unpaired) electrons. The van der Waals surface area contributed by atoms with Crippen LogP contribution in [-0.4, -0.2) is 32.1 Å². The molecule has 0 aliphatic heterocycles. The van der Waals surface area contributed by atoms with Crippen LogP contribution >= 0.6 is 0 Å². The highest BCUT2D eigenvalue weighted by molar-refractivity contribution is 6.05. The van der Waals surface area contributed by atoms with Gasteiger partial charge in [0.2, 0.25) is 0 Å². The minimum atomic E-state index is -0.640. The summed E-state index contributed by atoms with van der Waals surface area (Å²) in [6, 6.07) is 22.1. The van der Waals surface area contributed by atoms with Gasteiger partial charge in [-0.3, -0.25) is 9.59 Å². The molecule has 3 aromatic rings. The van der Waals surface area contributed by atoms with E-state index in [-0.39, 0.29) is 11.3 Å². The van der Waals surface area contributed by atoms with Crippen molar-refractivity contribution in [1.29, 1.82) is 0 Å². The van der Waals surface area contributed by atoms with Crippen molar-refractivity contribution < 1.29 is 14.0 Å². The number of anilines is 1. The largest absolute Gasteiger partial charge is 0.378 e. The number of hydrogen-bond acceptors (Lipinski definition) is 4. The number of hydrogen-bond donors (Lipinski definition) is 2. The average Bonchev–Trinajstić information content (AvgIpc) is 2.80. The lowest BCUT2D eigenvalue weighted by Gasteiger charge is -2.12. The molecule has 0 bridgehead atoms. The van der Waals surface area contributed by atoms with E-state index < -0.39 is 17.6 Å². The van der Waals surface area contributed by atoms with E-state index in [1.54, 1.807) is 48.5 Å². The first kappa shape index (κ1) is 22.4. The van der Waals surface area contributed by atoms with Crippen molar-refractivity contribution in [2.45, 2.75) is 0 Å². The van der Waals surface area contributed by atoms with E-state index in [2.05, 4.69) is 15.8 Å². The molecule has 3 rings (SSSR count). The summed E-state index contributed by atoms with van der Waals surface area (Å²) in [7, 11) is 3.86. The first-order valence-corrected chi connectivity index (χ1v) is 9.87. The average molecular weight is 430 g/mol. The number of carbonyl (C=O) groups is 2. The fourth-order valence-corrected chi connectivity index (χ4v) is 2.78. The molecule has 7 heteroatoms. The van der Waals surface area contributed by atoms with Crippen molar-refractivity contribution in [1.82, 2.24) is 10.7 Å². The van der Waals surface area contributed by atoms with Gasteiger partial charge < -0.3 is 10.2 Å². The Morgan fingerprint density at radius 3 is 2.22 bits per heavy atom. The van der Waals surface area contributed by atoms with Gasteiger partial charge >= 0.3 is 0 Å². The molecule has 2 N–H and O–H groups in total. The summed E-state index contributed by atoms with van der Waals surface area (Å²) in [4.78, 5) is 27.3. The molecule has 0 aliphatic carbocycles. The molecule has 0 heterocycles. The van der Waals surface area contributed by atoms with Crippen molar-refractivity contribution in [2.24, 2.45) is 5.10 Å². The van der Waals surface area contributed by atoms with Crippen LogP contribution in [0.1, 0.15) is 21.5 Å². The quantitative estimate of drug-likeness (QED) is 0.340. The molecule has 0 spiro atoms. The van der Waals surface area contributed by atoms with Crippen molar-refractivity contribution in [3.8, 4) is 0 Å². The van der Waals surface area contributed by atoms with Crippen molar-refractivity contribution in [2.75, 3.05) is 19.0 Å². The van der Waals surface area contributed by atoms with Gasteiger partial charge in [0.05, 0.1) is 6.21 Å². The minimum Gasteiger partial charge on any atom is -0.378 e. The highest BCUT2D eigenvalue weighted by Gasteiger charge is 2.14. The van der Waals surface area contributed by atoms with E-state index in [0.29, 0.717) is 11.1 Å². The second-order valence-electron chi connectivity index (χ2n) is 7.08. The zero-order valence-electron chi connectivity index (χ0n) is 17.7. The van der Waals surface area contributed by atoms with Gasteiger partial charge in [0.1, 0.15) is 11.5 Å². The first-order chi connectivity index (χ1) is 15.4. The van der Waals surface area contributed by atoms with E-state index in [0.717, 1.165) is 5.69 Å². The maximum Gasteiger partial charge on any atom is 0.287 e. The Morgan fingerprint density at radius 1 is 0.906 bits per heavy atom. The maximum absolute atomic E-state index is 13.7. The summed E-state index contributed by atoms with van der Waals surface area (Å²) in [6.07, 6.45) is 2.75. The summed E-state index contributed by atoms with van der Waals surface area (Å²) in [5.41, 5.74) is 4.69. The molecule has 32 heavy (non-hydrogen) atoms. The number of nitrogens with one attached hydrogen (secondary N) is 2. The molecule has 0 saturated carbocycles. The predicted molar refractivity (Wildman–Crippen MR) is 125 cm³/mol. The fourth-order valence-electron chi connectivity index (χ4n) is 2.78. The van der Waals surface area contributed by atoms with Gasteiger partial charge in [-0.2, -0.15) is 5.10 Å². The molecule has 0 aromatic heterocycles. The smallest absolute Gasteiger partial charge is 0.287 e. The number of halogens is 1. The van der Waals surface area contributed by atoms with Gasteiger partial charge in [-0.05, 0) is 42.0 Å². The third-order valence-corrected chi connectivity index (χ3v) is 4.52.